The first kappa shape index (κ1) is 129. The highest BCUT2D eigenvalue weighted by atomic mass is 32.1. The summed E-state index contributed by atoms with van der Waals surface area (Å²) in [5.41, 5.74) is -19.9. The van der Waals surface area contributed by atoms with E-state index >= 15 is 20.4 Å². The van der Waals surface area contributed by atoms with Gasteiger partial charge in [0.25, 0.3) is 0 Å². The van der Waals surface area contributed by atoms with Gasteiger partial charge >= 0.3 is 0 Å². The number of azide groups is 1. The molecule has 0 aromatic rings. The Bertz CT molecular complexity index is 3890. The van der Waals surface area contributed by atoms with E-state index in [2.05, 4.69) is 60.5 Å². The molecule has 55 nitrogen and oxygen atoms in total. The van der Waals surface area contributed by atoms with Crippen molar-refractivity contribution >= 4 is 50.5 Å². The second-order valence-electron chi connectivity index (χ2n) is 39.3. The highest BCUT2D eigenvalue weighted by molar-refractivity contribution is 7.81. The van der Waals surface area contributed by atoms with Gasteiger partial charge in [-0.1, -0.05) is 84.2 Å². The number of hydrogen-bond donors (Lipinski definition) is 40. The summed E-state index contributed by atoms with van der Waals surface area (Å²) in [6.45, 7) is -8.58. The number of hydrogen-bond acceptors (Lipinski definition) is 57. The van der Waals surface area contributed by atoms with E-state index in [1.807, 2.05) is 0 Å². The predicted molar refractivity (Wildman–Crippen MR) is 503 cm³/mol. The van der Waals surface area contributed by atoms with Crippen molar-refractivity contribution in [3.05, 3.63) is 10.4 Å². The van der Waals surface area contributed by atoms with Crippen LogP contribution >= 0.6 is 50.5 Å². The van der Waals surface area contributed by atoms with E-state index < -0.39 is 429 Å². The van der Waals surface area contributed by atoms with Crippen LogP contribution in [0, 0.1) is 23.7 Å². The van der Waals surface area contributed by atoms with Crippen molar-refractivity contribution in [3.8, 4) is 0 Å². The van der Waals surface area contributed by atoms with E-state index in [0.717, 1.165) is 0 Å². The average Bonchev–Trinajstić information content (AvgIpc) is 0.657. The molecule has 0 aromatic heterocycles. The normalized spacial score (nSPS) is 45.9. The summed E-state index contributed by atoms with van der Waals surface area (Å²) in [4.78, 5) is 2.66. The van der Waals surface area contributed by atoms with Crippen molar-refractivity contribution in [3.63, 3.8) is 0 Å². The largest absolute Gasteiger partial charge is 0.394 e. The Morgan fingerprint density at radius 2 is 0.571 bits per heavy atom. The maximum atomic E-state index is 17.1. The number of thiol groups is 4. The second-order valence-corrected chi connectivity index (χ2v) is 41.4. The number of nitrogens with zero attached hydrogens (tertiary/aromatic N) is 3. The van der Waals surface area contributed by atoms with Gasteiger partial charge in [0.05, 0.1) is 140 Å². The standard InChI is InChI=1S/C88H159N3O52S4/c1-5-9-13-17-82(72(117)60(113)51(104)39(31-96)136-82)140-68-56(109)47(100)35(27-92)131-64(68)43(77(121)144)55(108)76-86(125,44(78(122)145)65-69(57(110)48(101)36(28-93)132-65)141-83(18-14-10-6-2)73(118)61(114)52(105)40(32-97)137-83)88(127,46(80(124)147)67-71(59(112)50(103)38(30-95)134-67)143-85(20-16-12-8-4)75(120)63(116)54(107)42(34-99)139-85)87(126,81(135-76)130-26-25-129-24-23-128-22-21-90-91-89)45(79(123)146)66-70(58(111)49(102)37(29-94)133-66)142-84(19-15-11-7-3)74(119)62(115)53(106)41(33-98)138-84/h35-81,92-127,144-147H,5-34H2,1-4H3/t35-,36-,37-,38-,39-,40-,41-,42-,43?,44?,45?,46?,47-,48-,49-,50-,51-,52-,53-,54-,55?,56+,57+,58+,59+,60+,61+,62+,63+,64+,65+,66+,67+,68+,69+,70+,71+,72+,73+,74+,75+,76-,77?,78?,79?,80?,81-,82+,83+,84+,85+,86-,87+,88+/m1/s1. The Kier molecular flexibility index (Phi) is 49.7. The summed E-state index contributed by atoms with van der Waals surface area (Å²) >= 11 is 18.2. The van der Waals surface area contributed by atoms with Crippen LogP contribution in [0.1, 0.15) is 130 Å². The average molecular weight is 2220 g/mol. The molecule has 54 atom stereocenters. The Balaban J connectivity index is 1.58. The lowest BCUT2D eigenvalue weighted by atomic mass is 9.49. The zero-order chi connectivity index (χ0) is 110. The molecule has 862 valence electrons. The van der Waals surface area contributed by atoms with Gasteiger partial charge in [-0.2, -0.15) is 0 Å². The zero-order valence-electron chi connectivity index (χ0n) is 81.6. The second kappa shape index (κ2) is 56.6. The number of aliphatic hydroxyl groups excluding tert-OH is 33. The van der Waals surface area contributed by atoms with Crippen LogP contribution < -0.4 is 0 Å². The maximum absolute atomic E-state index is 17.1. The van der Waals surface area contributed by atoms with Gasteiger partial charge in [-0.3, -0.25) is 0 Å². The molecular weight excluding hydrogens is 2060 g/mol. The third kappa shape index (κ3) is 26.3. The predicted octanol–water partition coefficient (Wildman–Crippen LogP) is -14.4. The van der Waals surface area contributed by atoms with Crippen LogP contribution in [-0.2, 0) is 75.8 Å². The van der Waals surface area contributed by atoms with Crippen molar-refractivity contribution < 1.29 is 260 Å². The van der Waals surface area contributed by atoms with E-state index in [9.17, 15) is 163 Å². The molecule has 9 aliphatic heterocycles. The number of ether oxygens (including phenoxy) is 16. The van der Waals surface area contributed by atoms with Crippen LogP contribution in [0.4, 0.5) is 0 Å². The molecule has 59 heteroatoms. The summed E-state index contributed by atoms with van der Waals surface area (Å²) in [7, 11) is 0. The third-order valence-electron chi connectivity index (χ3n) is 30.1. The van der Waals surface area contributed by atoms with Gasteiger partial charge in [-0.15, -0.1) is 50.5 Å². The highest BCUT2D eigenvalue weighted by Gasteiger charge is 2.86. The lowest BCUT2D eigenvalue weighted by Crippen LogP contribution is -2.92. The zero-order valence-corrected chi connectivity index (χ0v) is 85.2. The van der Waals surface area contributed by atoms with Gasteiger partial charge in [0.1, 0.15) is 234 Å². The van der Waals surface area contributed by atoms with Gasteiger partial charge in [0.15, 0.2) is 35.0 Å². The summed E-state index contributed by atoms with van der Waals surface area (Å²) in [6, 6.07) is 0. The van der Waals surface area contributed by atoms with E-state index in [4.69, 9.17) is 81.3 Å². The molecule has 0 radical (unpaired) electrons. The van der Waals surface area contributed by atoms with Gasteiger partial charge < -0.3 is 260 Å². The molecule has 36 N–H and O–H groups in total. The highest BCUT2D eigenvalue weighted by Crippen LogP contribution is 2.64. The molecule has 9 aliphatic rings. The van der Waals surface area contributed by atoms with Crippen molar-refractivity contribution in [2.24, 2.45) is 28.8 Å². The van der Waals surface area contributed by atoms with Gasteiger partial charge in [0, 0.05) is 37.1 Å². The fourth-order valence-electron chi connectivity index (χ4n) is 22.2. The van der Waals surface area contributed by atoms with Crippen LogP contribution in [0.3, 0.4) is 0 Å². The molecule has 0 saturated carbocycles. The smallest absolute Gasteiger partial charge is 0.198 e. The number of unbranched alkanes of at least 4 members (excludes halogenated alkanes) is 8. The van der Waals surface area contributed by atoms with Crippen LogP contribution in [0.5, 0.6) is 0 Å². The molecular formula is C88H159N3O52S4. The quantitative estimate of drug-likeness (QED) is 0.00671. The van der Waals surface area contributed by atoms with E-state index in [-0.39, 0.29) is 83.8 Å². The first-order valence-corrected chi connectivity index (χ1v) is 51.8. The Hall–Kier alpha value is -1.37. The van der Waals surface area contributed by atoms with Crippen LogP contribution in [0.15, 0.2) is 5.11 Å². The van der Waals surface area contributed by atoms with Crippen LogP contribution in [0.2, 0.25) is 0 Å². The summed E-state index contributed by atoms with van der Waals surface area (Å²) in [6.07, 6.45) is -109. The molecule has 9 rings (SSSR count). The Morgan fingerprint density at radius 3 is 0.844 bits per heavy atom. The first-order valence-electron chi connectivity index (χ1n) is 49.7. The number of aliphatic hydroxyl groups is 36. The monoisotopic (exact) mass is 2220 g/mol. The molecule has 0 bridgehead atoms. The van der Waals surface area contributed by atoms with Gasteiger partial charge in [0.2, 0.25) is 0 Å². The molecule has 0 amide bonds. The van der Waals surface area contributed by atoms with Gasteiger partial charge in [-0.25, -0.2) is 0 Å². The van der Waals surface area contributed by atoms with Crippen LogP contribution in [-0.4, -0.2) is 576 Å². The minimum absolute atomic E-state index is 0.0695. The first-order chi connectivity index (χ1) is 69.5. The fourth-order valence-corrected chi connectivity index (χ4v) is 23.7. The molecule has 9 unspecified atom stereocenters. The lowest BCUT2D eigenvalue weighted by Gasteiger charge is -2.70. The minimum atomic E-state index is -5.41. The van der Waals surface area contributed by atoms with E-state index in [1.54, 1.807) is 27.7 Å². The van der Waals surface area contributed by atoms with Crippen molar-refractivity contribution in [2.75, 3.05) is 92.4 Å². The Morgan fingerprint density at radius 1 is 0.313 bits per heavy atom. The van der Waals surface area contributed by atoms with Crippen molar-refractivity contribution in [2.45, 2.75) is 430 Å². The maximum Gasteiger partial charge on any atom is 0.198 e. The number of rotatable bonds is 55. The molecule has 9 heterocycles. The van der Waals surface area contributed by atoms with Gasteiger partial charge in [-0.05, 0) is 31.2 Å². The topological polar surface area (TPSA) is 925 Å². The summed E-state index contributed by atoms with van der Waals surface area (Å²) in [5, 5.41) is 461. The molecule has 147 heavy (non-hydrogen) atoms. The molecule has 0 aliphatic carbocycles. The van der Waals surface area contributed by atoms with Crippen LogP contribution in [0.25, 0.3) is 10.4 Å². The fraction of sp³-hybridized carbons (Fsp3) is 1.00. The summed E-state index contributed by atoms with van der Waals surface area (Å²) in [5.74, 6) is -26.7. The molecule has 9 saturated heterocycles. The summed E-state index contributed by atoms with van der Waals surface area (Å²) < 4.78 is 103. The lowest BCUT2D eigenvalue weighted by molar-refractivity contribution is -0.471. The molecule has 0 spiro atoms. The van der Waals surface area contributed by atoms with Crippen molar-refractivity contribution in [1.29, 1.82) is 0 Å². The van der Waals surface area contributed by atoms with Crippen molar-refractivity contribution in [1.82, 2.24) is 0 Å². The van der Waals surface area contributed by atoms with E-state index in [0.29, 0.717) is 6.42 Å². The Labute approximate surface area is 868 Å². The SMILES string of the molecule is CCCCC[C@@]1(O[C@H]2[C@@H](O)[C@H](O)[C@@H](CO)O[C@H]2C(C(O)S)C(O)[C@H]2O[C@@H](OCCOCCOCCN=[N+]=[N-])[C@@](O)(C(C(O)S)[C@@H]3O[C@H](CO)[C@@H](O)[C@H](O)[C@@H]3O[C@]3(CCCCC)O[C@H](CO)[C@@H](O)[C@H](O)[C@@H]3O)[C@](O)(C(C(O)S)[C@@H]3O[C@H](CO)[C@@H](O)[C@H](O)[C@@H]3O[C@]3(CCCCC)O[C@H](CO)[C@@H](O)[C@H](O)[C@@H]3O)[C@@]2(O)C(C(O)S)[C@@H]2O[C@H](CO)[C@@H](O)[C@H](O)[C@@H]2O[C@]2(CCCCC)O[C@H](CO)[C@@H](O)[C@H](O)[C@@H]2O)O[C@H](CO)[C@@H](O)[C@H](O)[C@@H]1O. The molecule has 0 aromatic carbocycles. The third-order valence-corrected chi connectivity index (χ3v) is 31.4. The minimum Gasteiger partial charge on any atom is -0.394 e. The van der Waals surface area contributed by atoms with E-state index in [1.165, 1.54) is 0 Å². The molecule has 9 fully saturated rings.